The van der Waals surface area contributed by atoms with Gasteiger partial charge in [-0.25, -0.2) is 9.18 Å². The van der Waals surface area contributed by atoms with Crippen molar-refractivity contribution in [3.63, 3.8) is 0 Å². The Kier molecular flexibility index (Phi) is 5.64. The first-order chi connectivity index (χ1) is 9.54. The number of methoxy groups -OCH3 is 2. The van der Waals surface area contributed by atoms with E-state index in [1.54, 1.807) is 6.92 Å². The molecule has 0 aliphatic rings. The van der Waals surface area contributed by atoms with E-state index in [1.807, 2.05) is 0 Å². The number of hydrogen-bond donors (Lipinski definition) is 1. The first kappa shape index (κ1) is 15.6. The molecule has 0 aromatic heterocycles. The molecule has 0 radical (unpaired) electrons. The molecule has 0 saturated heterocycles. The molecule has 0 heterocycles. The number of rotatable bonds is 6. The zero-order chi connectivity index (χ0) is 15.1. The molecular weight excluding hydrogens is 267 g/mol. The average molecular weight is 282 g/mol. The normalized spacial score (nSPS) is 10.9. The fourth-order valence-electron chi connectivity index (χ4n) is 1.38. The topological polar surface area (TPSA) is 77.0 Å². The van der Waals surface area contributed by atoms with Crippen LogP contribution in [0.2, 0.25) is 0 Å². The Morgan fingerprint density at radius 2 is 2.05 bits per heavy atom. The third-order valence-corrected chi connectivity index (χ3v) is 2.44. The highest BCUT2D eigenvalue weighted by atomic mass is 19.1. The van der Waals surface area contributed by atoms with Gasteiger partial charge in [-0.3, -0.25) is 10.2 Å². The van der Waals surface area contributed by atoms with Crippen LogP contribution in [0, 0.1) is 5.82 Å². The van der Waals surface area contributed by atoms with Crippen LogP contribution >= 0.6 is 0 Å². The number of esters is 1. The molecule has 0 atom stereocenters. The van der Waals surface area contributed by atoms with Gasteiger partial charge in [-0.1, -0.05) is 13.0 Å². The van der Waals surface area contributed by atoms with Crippen molar-refractivity contribution in [2.45, 2.75) is 13.3 Å². The number of Topliss-reactive ketones (excluding diaryl/α,β-unsaturated/α-hetero) is 1. The average Bonchev–Trinajstić information content (AvgIpc) is 2.47. The maximum absolute atomic E-state index is 13.6. The maximum atomic E-state index is 13.6. The number of nitrogens with zero attached hydrogens (tertiary/aromatic N) is 1. The first-order valence-corrected chi connectivity index (χ1v) is 5.82. The van der Waals surface area contributed by atoms with Crippen LogP contribution in [0.15, 0.2) is 23.3 Å². The zero-order valence-corrected chi connectivity index (χ0v) is 11.4. The number of anilines is 1. The van der Waals surface area contributed by atoms with Crippen molar-refractivity contribution in [2.24, 2.45) is 5.10 Å². The molecule has 108 valence electrons. The highest BCUT2D eigenvalue weighted by Gasteiger charge is 2.20. The van der Waals surface area contributed by atoms with Gasteiger partial charge in [0, 0.05) is 6.42 Å². The largest absolute Gasteiger partial charge is 0.494 e. The molecule has 0 saturated carbocycles. The van der Waals surface area contributed by atoms with E-state index < -0.39 is 23.3 Å². The van der Waals surface area contributed by atoms with Gasteiger partial charge in [0.05, 0.1) is 14.2 Å². The molecule has 0 fully saturated rings. The minimum Gasteiger partial charge on any atom is -0.494 e. The summed E-state index contributed by atoms with van der Waals surface area (Å²) in [5.41, 5.74) is 1.83. The lowest BCUT2D eigenvalue weighted by atomic mass is 10.2. The quantitative estimate of drug-likeness (QED) is 0.372. The summed E-state index contributed by atoms with van der Waals surface area (Å²) in [6.07, 6.45) is 0.0734. The summed E-state index contributed by atoms with van der Waals surface area (Å²) in [5.74, 6) is -1.83. The molecule has 0 aliphatic carbocycles. The summed E-state index contributed by atoms with van der Waals surface area (Å²) in [4.78, 5) is 23.0. The molecule has 7 heteroatoms. The van der Waals surface area contributed by atoms with Crippen LogP contribution in [-0.4, -0.2) is 31.7 Å². The van der Waals surface area contributed by atoms with Crippen molar-refractivity contribution < 1.29 is 23.5 Å². The van der Waals surface area contributed by atoms with Gasteiger partial charge in [-0.2, -0.15) is 5.10 Å². The Labute approximate surface area is 115 Å². The number of benzene rings is 1. The number of ketones is 1. The number of halogens is 1. The second kappa shape index (κ2) is 7.22. The third kappa shape index (κ3) is 3.53. The van der Waals surface area contributed by atoms with E-state index in [0.717, 1.165) is 7.11 Å². The zero-order valence-electron chi connectivity index (χ0n) is 11.4. The van der Waals surface area contributed by atoms with E-state index in [9.17, 15) is 14.0 Å². The summed E-state index contributed by atoms with van der Waals surface area (Å²) in [6, 6.07) is 4.17. The van der Waals surface area contributed by atoms with Crippen LogP contribution in [0.4, 0.5) is 10.1 Å². The molecule has 0 aliphatic heterocycles. The molecule has 1 rings (SSSR count). The van der Waals surface area contributed by atoms with Crippen LogP contribution in [0.5, 0.6) is 5.75 Å². The summed E-state index contributed by atoms with van der Waals surface area (Å²) in [7, 11) is 2.49. The lowest BCUT2D eigenvalue weighted by Gasteiger charge is -2.09. The second-order valence-corrected chi connectivity index (χ2v) is 3.66. The molecule has 0 amide bonds. The second-order valence-electron chi connectivity index (χ2n) is 3.66. The SMILES string of the molecule is CCC(=O)/C(=N\Nc1c(F)cccc1OC)C(=O)OC. The van der Waals surface area contributed by atoms with Gasteiger partial charge in [-0.05, 0) is 12.1 Å². The van der Waals surface area contributed by atoms with Crippen LogP contribution < -0.4 is 10.2 Å². The van der Waals surface area contributed by atoms with Crippen LogP contribution in [0.3, 0.4) is 0 Å². The van der Waals surface area contributed by atoms with Crippen LogP contribution in [0.25, 0.3) is 0 Å². The van der Waals surface area contributed by atoms with E-state index in [1.165, 1.54) is 25.3 Å². The highest BCUT2D eigenvalue weighted by Crippen LogP contribution is 2.26. The fraction of sp³-hybridized carbons (Fsp3) is 0.308. The molecule has 1 aromatic carbocycles. The van der Waals surface area contributed by atoms with Gasteiger partial charge < -0.3 is 9.47 Å². The Hall–Kier alpha value is -2.44. The summed E-state index contributed by atoms with van der Waals surface area (Å²) < 4.78 is 23.1. The van der Waals surface area contributed by atoms with Gasteiger partial charge in [0.2, 0.25) is 5.71 Å². The lowest BCUT2D eigenvalue weighted by Crippen LogP contribution is -2.26. The van der Waals surface area contributed by atoms with Crippen molar-refractivity contribution in [1.82, 2.24) is 0 Å². The Balaban J connectivity index is 3.10. The Morgan fingerprint density at radius 3 is 2.60 bits per heavy atom. The standard InChI is InChI=1S/C13H15FN2O4/c1-4-9(17)12(13(18)20-3)16-15-11-8(14)6-5-7-10(11)19-2/h5-7,15H,4H2,1-3H3/b16-12+. The van der Waals surface area contributed by atoms with Gasteiger partial charge in [0.1, 0.15) is 11.4 Å². The van der Waals surface area contributed by atoms with Gasteiger partial charge in [-0.15, -0.1) is 0 Å². The van der Waals surface area contributed by atoms with Crippen molar-refractivity contribution in [3.05, 3.63) is 24.0 Å². The molecule has 0 bridgehead atoms. The Bertz CT molecular complexity index is 525. The molecule has 0 unspecified atom stereocenters. The van der Waals surface area contributed by atoms with Gasteiger partial charge in [0.15, 0.2) is 11.6 Å². The van der Waals surface area contributed by atoms with E-state index in [4.69, 9.17) is 4.74 Å². The fourth-order valence-corrected chi connectivity index (χ4v) is 1.38. The molecule has 1 N–H and O–H groups in total. The summed E-state index contributed by atoms with van der Waals surface area (Å²) in [5, 5.41) is 3.63. The van der Waals surface area contributed by atoms with E-state index >= 15 is 0 Å². The lowest BCUT2D eigenvalue weighted by molar-refractivity contribution is -0.133. The molecular formula is C13H15FN2O4. The van der Waals surface area contributed by atoms with Crippen molar-refractivity contribution in [1.29, 1.82) is 0 Å². The number of nitrogens with one attached hydrogen (secondary N) is 1. The Morgan fingerprint density at radius 1 is 1.35 bits per heavy atom. The first-order valence-electron chi connectivity index (χ1n) is 5.82. The van der Waals surface area contributed by atoms with Crippen molar-refractivity contribution >= 4 is 23.2 Å². The molecule has 20 heavy (non-hydrogen) atoms. The molecule has 6 nitrogen and oxygen atoms in total. The van der Waals surface area contributed by atoms with Crippen LogP contribution in [-0.2, 0) is 14.3 Å². The highest BCUT2D eigenvalue weighted by molar-refractivity contribution is 6.64. The van der Waals surface area contributed by atoms with E-state index in [2.05, 4.69) is 15.3 Å². The van der Waals surface area contributed by atoms with Crippen molar-refractivity contribution in [2.75, 3.05) is 19.6 Å². The summed E-state index contributed by atoms with van der Waals surface area (Å²) in [6.45, 7) is 1.57. The number of ether oxygens (including phenoxy) is 2. The summed E-state index contributed by atoms with van der Waals surface area (Å²) >= 11 is 0. The monoisotopic (exact) mass is 282 g/mol. The number of carbonyl (C=O) groups excluding carboxylic acids is 2. The van der Waals surface area contributed by atoms with Gasteiger partial charge in [0.25, 0.3) is 0 Å². The predicted molar refractivity (Wildman–Crippen MR) is 71.3 cm³/mol. The predicted octanol–water partition coefficient (Wildman–Crippen LogP) is 1.75. The van der Waals surface area contributed by atoms with E-state index in [0.29, 0.717) is 0 Å². The van der Waals surface area contributed by atoms with Gasteiger partial charge >= 0.3 is 5.97 Å². The number of para-hydroxylation sites is 1. The molecule has 1 aromatic rings. The smallest absolute Gasteiger partial charge is 0.362 e. The minimum absolute atomic E-state index is 0.0692. The number of hydrazone groups is 1. The third-order valence-electron chi connectivity index (χ3n) is 2.44. The van der Waals surface area contributed by atoms with Crippen LogP contribution in [0.1, 0.15) is 13.3 Å². The molecule has 0 spiro atoms. The van der Waals surface area contributed by atoms with E-state index in [-0.39, 0.29) is 17.9 Å². The number of carbonyl (C=O) groups is 2. The minimum atomic E-state index is -0.889. The van der Waals surface area contributed by atoms with Crippen molar-refractivity contribution in [3.8, 4) is 5.75 Å². The maximum Gasteiger partial charge on any atom is 0.362 e. The number of hydrogen-bond acceptors (Lipinski definition) is 6.